The van der Waals surface area contributed by atoms with Gasteiger partial charge in [-0.15, -0.1) is 0 Å². The van der Waals surface area contributed by atoms with E-state index in [4.69, 9.17) is 5.11 Å². The van der Waals surface area contributed by atoms with Gasteiger partial charge in [-0.1, -0.05) is 78.9 Å². The van der Waals surface area contributed by atoms with Gasteiger partial charge in [0.05, 0.1) is 5.92 Å². The molecule has 1 saturated heterocycles. The average molecular weight is 596 g/mol. The number of carboxylic acid groups (broad SMARTS) is 1. The van der Waals surface area contributed by atoms with E-state index in [-0.39, 0.29) is 11.8 Å². The minimum atomic E-state index is -0.922. The van der Waals surface area contributed by atoms with Gasteiger partial charge in [-0.25, -0.2) is 4.79 Å². The summed E-state index contributed by atoms with van der Waals surface area (Å²) in [7, 11) is 2.13. The largest absolute Gasteiger partial charge is 0.478 e. The molecule has 4 rings (SSSR count). The molecule has 3 aromatic carbocycles. The van der Waals surface area contributed by atoms with E-state index in [2.05, 4.69) is 23.3 Å². The number of aryl methyl sites for hydroxylation is 1. The Morgan fingerprint density at radius 2 is 1.41 bits per heavy atom. The zero-order valence-corrected chi connectivity index (χ0v) is 26.1. The Morgan fingerprint density at radius 3 is 1.98 bits per heavy atom. The number of amides is 2. The van der Waals surface area contributed by atoms with Crippen molar-refractivity contribution >= 4 is 35.6 Å². The van der Waals surface area contributed by atoms with E-state index >= 15 is 0 Å². The number of carboxylic acids is 1. The van der Waals surface area contributed by atoms with Crippen molar-refractivity contribution in [2.75, 3.05) is 32.0 Å². The van der Waals surface area contributed by atoms with Crippen molar-refractivity contribution in [2.24, 2.45) is 5.92 Å². The van der Waals surface area contributed by atoms with Gasteiger partial charge in [0.2, 0.25) is 11.8 Å². The van der Waals surface area contributed by atoms with Crippen molar-refractivity contribution in [2.45, 2.75) is 45.6 Å². The number of nitrogens with one attached hydrogen (secondary N) is 1. The molecule has 232 valence electrons. The number of rotatable bonds is 11. The Bertz CT molecular complexity index is 1380. The molecule has 0 spiro atoms. The van der Waals surface area contributed by atoms with Crippen molar-refractivity contribution in [3.05, 3.63) is 114 Å². The number of anilines is 1. The van der Waals surface area contributed by atoms with Gasteiger partial charge < -0.3 is 20.2 Å². The van der Waals surface area contributed by atoms with Gasteiger partial charge >= 0.3 is 5.97 Å². The Morgan fingerprint density at radius 1 is 0.841 bits per heavy atom. The number of carbonyl (C=O) groups excluding carboxylic acids is 2. The summed E-state index contributed by atoms with van der Waals surface area (Å²) in [5.74, 6) is -0.649. The van der Waals surface area contributed by atoms with Crippen LogP contribution in [0.15, 0.2) is 97.1 Å². The van der Waals surface area contributed by atoms with Crippen LogP contribution in [0.1, 0.15) is 49.8 Å². The molecular weight excluding hydrogens is 550 g/mol. The van der Waals surface area contributed by atoms with Gasteiger partial charge in [-0.05, 0) is 81.5 Å². The number of hydrogen-bond donors (Lipinski definition) is 2. The summed E-state index contributed by atoms with van der Waals surface area (Å²) >= 11 is 0. The fourth-order valence-corrected chi connectivity index (χ4v) is 5.39. The standard InChI is InChI=1S/C28H37N3O2.C9H8O2/c1-4-31(5-2)28(33)24-17-19-25(30(3)21-24)18-16-23-13-9-10-14-26(23)29-27(32)20-15-22-11-7-6-8-12-22;10-9(11)7-6-8-4-2-1-3-5-8/h6-15,20,24-25H,4-5,16-19,21H2,1-3H3,(H,29,32);1-7H,(H,10,11). The molecule has 1 aliphatic rings. The first-order valence-electron chi connectivity index (χ1n) is 15.4. The van der Waals surface area contributed by atoms with Crippen molar-refractivity contribution in [3.8, 4) is 0 Å². The summed E-state index contributed by atoms with van der Waals surface area (Å²) in [6.45, 7) is 6.47. The van der Waals surface area contributed by atoms with Crippen LogP contribution >= 0.6 is 0 Å². The van der Waals surface area contributed by atoms with Crippen LogP contribution in [0.5, 0.6) is 0 Å². The maximum atomic E-state index is 12.7. The van der Waals surface area contributed by atoms with Crippen LogP contribution in [-0.4, -0.2) is 65.4 Å². The summed E-state index contributed by atoms with van der Waals surface area (Å²) in [5, 5.41) is 11.3. The highest BCUT2D eigenvalue weighted by atomic mass is 16.4. The second-order valence-electron chi connectivity index (χ2n) is 10.9. The number of benzene rings is 3. The Balaban J connectivity index is 0.000000404. The molecule has 44 heavy (non-hydrogen) atoms. The number of likely N-dealkylation sites (tertiary alicyclic amines) is 1. The Labute approximate surface area is 261 Å². The quantitative estimate of drug-likeness (QED) is 0.243. The summed E-state index contributed by atoms with van der Waals surface area (Å²) in [6.07, 6.45) is 9.96. The van der Waals surface area contributed by atoms with Gasteiger partial charge in [-0.2, -0.15) is 0 Å². The normalized spacial score (nSPS) is 16.7. The first-order valence-corrected chi connectivity index (χ1v) is 15.4. The first-order chi connectivity index (χ1) is 21.3. The zero-order chi connectivity index (χ0) is 31.7. The molecule has 0 aromatic heterocycles. The monoisotopic (exact) mass is 595 g/mol. The molecule has 0 aliphatic carbocycles. The van der Waals surface area contributed by atoms with Gasteiger partial charge in [0.1, 0.15) is 0 Å². The smallest absolute Gasteiger partial charge is 0.328 e. The van der Waals surface area contributed by atoms with E-state index in [0.29, 0.717) is 11.9 Å². The van der Waals surface area contributed by atoms with E-state index in [0.717, 1.165) is 73.8 Å². The van der Waals surface area contributed by atoms with Gasteiger partial charge in [0, 0.05) is 43.5 Å². The maximum absolute atomic E-state index is 12.7. The van der Waals surface area contributed by atoms with Crippen LogP contribution in [0.3, 0.4) is 0 Å². The van der Waals surface area contributed by atoms with Crippen molar-refractivity contribution < 1.29 is 19.5 Å². The molecule has 2 N–H and O–H groups in total. The van der Waals surface area contributed by atoms with Crippen molar-refractivity contribution in [3.63, 3.8) is 0 Å². The molecule has 7 heteroatoms. The molecule has 1 aliphatic heterocycles. The van der Waals surface area contributed by atoms with Crippen molar-refractivity contribution in [1.29, 1.82) is 0 Å². The third-order valence-corrected chi connectivity index (χ3v) is 7.87. The molecule has 0 saturated carbocycles. The lowest BCUT2D eigenvalue weighted by atomic mass is 9.89. The fourth-order valence-electron chi connectivity index (χ4n) is 5.39. The van der Waals surface area contributed by atoms with Gasteiger partial charge in [0.25, 0.3) is 0 Å². The topological polar surface area (TPSA) is 90.0 Å². The number of carbonyl (C=O) groups is 3. The Kier molecular flexibility index (Phi) is 14.1. The predicted octanol–water partition coefficient (Wildman–Crippen LogP) is 6.63. The molecular formula is C37H45N3O4. The van der Waals surface area contributed by atoms with E-state index in [1.165, 1.54) is 0 Å². The lowest BCUT2D eigenvalue weighted by molar-refractivity contribution is -0.137. The molecule has 1 fully saturated rings. The molecule has 2 atom stereocenters. The lowest BCUT2D eigenvalue weighted by Gasteiger charge is -2.38. The fraction of sp³-hybridized carbons (Fsp3) is 0.324. The van der Waals surface area contributed by atoms with E-state index in [1.807, 2.05) is 104 Å². The van der Waals surface area contributed by atoms with Crippen molar-refractivity contribution in [1.82, 2.24) is 9.80 Å². The molecule has 7 nitrogen and oxygen atoms in total. The Hall–Kier alpha value is -4.49. The van der Waals surface area contributed by atoms with Crippen LogP contribution in [0.4, 0.5) is 5.69 Å². The zero-order valence-electron chi connectivity index (χ0n) is 26.1. The first kappa shape index (κ1) is 34.0. The summed E-state index contributed by atoms with van der Waals surface area (Å²) in [6, 6.07) is 27.6. The van der Waals surface area contributed by atoms with Crippen LogP contribution in [0.25, 0.3) is 12.2 Å². The molecule has 1 heterocycles. The number of piperidine rings is 1. The summed E-state index contributed by atoms with van der Waals surface area (Å²) < 4.78 is 0. The number of nitrogens with zero attached hydrogens (tertiary/aromatic N) is 2. The highest BCUT2D eigenvalue weighted by molar-refractivity contribution is 6.02. The second-order valence-corrected chi connectivity index (χ2v) is 10.9. The van der Waals surface area contributed by atoms with Crippen LogP contribution in [-0.2, 0) is 20.8 Å². The van der Waals surface area contributed by atoms with E-state index in [1.54, 1.807) is 12.2 Å². The second kappa shape index (κ2) is 18.2. The third-order valence-electron chi connectivity index (χ3n) is 7.87. The average Bonchev–Trinajstić information content (AvgIpc) is 3.04. The summed E-state index contributed by atoms with van der Waals surface area (Å²) in [4.78, 5) is 39.6. The minimum absolute atomic E-state index is 0.106. The molecule has 0 bridgehead atoms. The molecule has 2 unspecified atom stereocenters. The van der Waals surface area contributed by atoms with E-state index < -0.39 is 5.97 Å². The van der Waals surface area contributed by atoms with E-state index in [9.17, 15) is 14.4 Å². The highest BCUT2D eigenvalue weighted by Gasteiger charge is 2.31. The van der Waals surface area contributed by atoms with Gasteiger partial charge in [0.15, 0.2) is 0 Å². The third kappa shape index (κ3) is 11.3. The maximum Gasteiger partial charge on any atom is 0.328 e. The van der Waals surface area contributed by atoms with Crippen LogP contribution < -0.4 is 5.32 Å². The SMILES string of the molecule is CCN(CC)C(=O)C1CCC(CCc2ccccc2NC(=O)C=Cc2ccccc2)N(C)C1.O=C(O)C=Cc1ccccc1. The predicted molar refractivity (Wildman–Crippen MR) is 179 cm³/mol. The van der Waals surface area contributed by atoms with Crippen LogP contribution in [0, 0.1) is 5.92 Å². The summed E-state index contributed by atoms with van der Waals surface area (Å²) in [5.41, 5.74) is 3.91. The highest BCUT2D eigenvalue weighted by Crippen LogP contribution is 2.27. The molecule has 2 amide bonds. The van der Waals surface area contributed by atoms with Crippen LogP contribution in [0.2, 0.25) is 0 Å². The minimum Gasteiger partial charge on any atom is -0.478 e. The lowest BCUT2D eigenvalue weighted by Crippen LogP contribution is -2.47. The number of hydrogen-bond acceptors (Lipinski definition) is 4. The molecule has 0 radical (unpaired) electrons. The molecule has 3 aromatic rings. The van der Waals surface area contributed by atoms with Gasteiger partial charge in [-0.3, -0.25) is 9.59 Å². The number of para-hydroxylation sites is 1. The number of aliphatic carboxylic acids is 1.